The number of carbonyl (C=O) groups excluding carboxylic acids is 1. The van der Waals surface area contributed by atoms with E-state index in [2.05, 4.69) is 19.2 Å². The molecule has 1 unspecified atom stereocenters. The summed E-state index contributed by atoms with van der Waals surface area (Å²) < 4.78 is 0. The van der Waals surface area contributed by atoms with Gasteiger partial charge in [0.2, 0.25) is 5.91 Å². The predicted molar refractivity (Wildman–Crippen MR) is 41.5 cm³/mol. The van der Waals surface area contributed by atoms with Crippen LogP contribution in [0, 0.1) is 5.92 Å². The summed E-state index contributed by atoms with van der Waals surface area (Å²) in [5, 5.41) is 3.01. The van der Waals surface area contributed by atoms with Gasteiger partial charge in [-0.05, 0) is 19.4 Å². The summed E-state index contributed by atoms with van der Waals surface area (Å²) in [7, 11) is 0. The number of carbonyl (C=O) groups is 1. The van der Waals surface area contributed by atoms with Crippen molar-refractivity contribution < 1.29 is 4.79 Å². The fourth-order valence-corrected chi connectivity index (χ4v) is 0.513. The van der Waals surface area contributed by atoms with Gasteiger partial charge in [-0.1, -0.05) is 13.8 Å². The zero-order valence-electron chi connectivity index (χ0n) is 6.85. The molecule has 10 heavy (non-hydrogen) atoms. The second kappa shape index (κ2) is 4.28. The number of nitrogens with two attached hydrogens (primary N) is 1. The zero-order chi connectivity index (χ0) is 8.15. The van der Waals surface area contributed by atoms with E-state index in [0.29, 0.717) is 5.92 Å². The first kappa shape index (κ1) is 9.43. The first-order chi connectivity index (χ1) is 4.54. The Kier molecular flexibility index (Phi) is 4.03. The minimum Gasteiger partial charge on any atom is -0.368 e. The summed E-state index contributed by atoms with van der Waals surface area (Å²) in [6.45, 7) is 6.77. The SMILES string of the molecule is CC(C)CNC(C)C(N)=O. The summed E-state index contributed by atoms with van der Waals surface area (Å²) in [5.41, 5.74) is 5.02. The average Bonchev–Trinajstić information content (AvgIpc) is 1.82. The smallest absolute Gasteiger partial charge is 0.234 e. The van der Waals surface area contributed by atoms with Crippen LogP contribution in [0.15, 0.2) is 0 Å². The number of rotatable bonds is 4. The quantitative estimate of drug-likeness (QED) is 0.588. The van der Waals surface area contributed by atoms with Gasteiger partial charge in [0.25, 0.3) is 0 Å². The second-order valence-electron chi connectivity index (χ2n) is 2.93. The molecule has 0 saturated heterocycles. The fraction of sp³-hybridized carbons (Fsp3) is 0.857. The number of hydrogen-bond donors (Lipinski definition) is 2. The third-order valence-electron chi connectivity index (χ3n) is 1.26. The summed E-state index contributed by atoms with van der Waals surface area (Å²) in [4.78, 5) is 10.5. The Bertz CT molecular complexity index is 112. The fourth-order valence-electron chi connectivity index (χ4n) is 0.513. The summed E-state index contributed by atoms with van der Waals surface area (Å²) in [6.07, 6.45) is 0. The van der Waals surface area contributed by atoms with E-state index in [0.717, 1.165) is 6.54 Å². The van der Waals surface area contributed by atoms with Crippen LogP contribution in [0.25, 0.3) is 0 Å². The molecule has 0 aliphatic heterocycles. The molecule has 1 atom stereocenters. The van der Waals surface area contributed by atoms with E-state index >= 15 is 0 Å². The molecule has 0 aliphatic carbocycles. The van der Waals surface area contributed by atoms with Crippen LogP contribution in [0.3, 0.4) is 0 Å². The maximum Gasteiger partial charge on any atom is 0.234 e. The Balaban J connectivity index is 3.40. The number of primary amides is 1. The van der Waals surface area contributed by atoms with Gasteiger partial charge in [-0.25, -0.2) is 0 Å². The molecule has 0 heterocycles. The van der Waals surface area contributed by atoms with Gasteiger partial charge < -0.3 is 11.1 Å². The summed E-state index contributed by atoms with van der Waals surface area (Å²) in [5.74, 6) is 0.266. The highest BCUT2D eigenvalue weighted by Gasteiger charge is 2.06. The standard InChI is InChI=1S/C7H16N2O/c1-5(2)4-9-6(3)7(8)10/h5-6,9H,4H2,1-3H3,(H2,8,10). The normalized spacial score (nSPS) is 13.6. The second-order valence-corrected chi connectivity index (χ2v) is 2.93. The number of nitrogens with one attached hydrogen (secondary N) is 1. The minimum atomic E-state index is -0.291. The van der Waals surface area contributed by atoms with Gasteiger partial charge in [0.15, 0.2) is 0 Å². The Morgan fingerprint density at radius 1 is 1.50 bits per heavy atom. The summed E-state index contributed by atoms with van der Waals surface area (Å²) >= 11 is 0. The first-order valence-electron chi connectivity index (χ1n) is 3.56. The third kappa shape index (κ3) is 4.32. The number of hydrogen-bond acceptors (Lipinski definition) is 2. The van der Waals surface area contributed by atoms with E-state index in [9.17, 15) is 4.79 Å². The van der Waals surface area contributed by atoms with Crippen LogP contribution in [-0.2, 0) is 4.79 Å². The van der Waals surface area contributed by atoms with Gasteiger partial charge in [0, 0.05) is 0 Å². The molecule has 3 nitrogen and oxygen atoms in total. The van der Waals surface area contributed by atoms with Crippen molar-refractivity contribution in [2.24, 2.45) is 11.7 Å². The third-order valence-corrected chi connectivity index (χ3v) is 1.26. The lowest BCUT2D eigenvalue weighted by Gasteiger charge is -2.11. The predicted octanol–water partition coefficient (Wildman–Crippen LogP) is 0.106. The Labute approximate surface area is 62.0 Å². The van der Waals surface area contributed by atoms with E-state index < -0.39 is 0 Å². The number of amides is 1. The molecule has 0 spiro atoms. The molecule has 60 valence electrons. The van der Waals surface area contributed by atoms with Gasteiger partial charge in [0.1, 0.15) is 0 Å². The van der Waals surface area contributed by atoms with Crippen molar-refractivity contribution in [1.29, 1.82) is 0 Å². The van der Waals surface area contributed by atoms with Crippen LogP contribution in [0.5, 0.6) is 0 Å². The molecule has 3 heteroatoms. The van der Waals surface area contributed by atoms with Crippen molar-refractivity contribution in [3.05, 3.63) is 0 Å². The average molecular weight is 144 g/mol. The topological polar surface area (TPSA) is 55.1 Å². The Morgan fingerprint density at radius 3 is 2.30 bits per heavy atom. The van der Waals surface area contributed by atoms with Crippen LogP contribution in [0.2, 0.25) is 0 Å². The Morgan fingerprint density at radius 2 is 2.00 bits per heavy atom. The van der Waals surface area contributed by atoms with Crippen molar-refractivity contribution in [3.63, 3.8) is 0 Å². The maximum atomic E-state index is 10.5. The van der Waals surface area contributed by atoms with Crippen LogP contribution >= 0.6 is 0 Å². The summed E-state index contributed by atoms with van der Waals surface area (Å²) in [6, 6.07) is -0.206. The minimum absolute atomic E-state index is 0.206. The molecule has 3 N–H and O–H groups in total. The molecule has 0 bridgehead atoms. The maximum absolute atomic E-state index is 10.5. The molecule has 0 rings (SSSR count). The van der Waals surface area contributed by atoms with Crippen molar-refractivity contribution in [3.8, 4) is 0 Å². The van der Waals surface area contributed by atoms with Crippen LogP contribution in [0.1, 0.15) is 20.8 Å². The molecule has 0 radical (unpaired) electrons. The highest BCUT2D eigenvalue weighted by atomic mass is 16.1. The molecular weight excluding hydrogens is 128 g/mol. The molecule has 0 saturated carbocycles. The van der Waals surface area contributed by atoms with Gasteiger partial charge in [-0.15, -0.1) is 0 Å². The molecule has 1 amide bonds. The van der Waals surface area contributed by atoms with E-state index in [1.807, 2.05) is 0 Å². The molecule has 0 fully saturated rings. The molecular formula is C7H16N2O. The van der Waals surface area contributed by atoms with E-state index in [4.69, 9.17) is 5.73 Å². The molecule has 0 aromatic rings. The highest BCUT2D eigenvalue weighted by Crippen LogP contribution is 1.88. The van der Waals surface area contributed by atoms with E-state index in [1.165, 1.54) is 0 Å². The highest BCUT2D eigenvalue weighted by molar-refractivity contribution is 5.79. The van der Waals surface area contributed by atoms with Gasteiger partial charge >= 0.3 is 0 Å². The zero-order valence-corrected chi connectivity index (χ0v) is 6.85. The lowest BCUT2D eigenvalue weighted by molar-refractivity contribution is -0.119. The van der Waals surface area contributed by atoms with Crippen molar-refractivity contribution >= 4 is 5.91 Å². The van der Waals surface area contributed by atoms with Gasteiger partial charge in [-0.3, -0.25) is 4.79 Å². The van der Waals surface area contributed by atoms with Gasteiger partial charge in [0.05, 0.1) is 6.04 Å². The molecule has 0 aliphatic rings. The largest absolute Gasteiger partial charge is 0.368 e. The lowest BCUT2D eigenvalue weighted by Crippen LogP contribution is -2.40. The molecule has 0 aromatic heterocycles. The van der Waals surface area contributed by atoms with Crippen LogP contribution in [-0.4, -0.2) is 18.5 Å². The lowest BCUT2D eigenvalue weighted by atomic mass is 10.2. The van der Waals surface area contributed by atoms with Crippen LogP contribution in [0.4, 0.5) is 0 Å². The van der Waals surface area contributed by atoms with Crippen molar-refractivity contribution in [1.82, 2.24) is 5.32 Å². The molecule has 0 aromatic carbocycles. The van der Waals surface area contributed by atoms with Gasteiger partial charge in [-0.2, -0.15) is 0 Å². The van der Waals surface area contributed by atoms with Crippen LogP contribution < -0.4 is 11.1 Å². The first-order valence-corrected chi connectivity index (χ1v) is 3.56. The van der Waals surface area contributed by atoms with Crippen molar-refractivity contribution in [2.75, 3.05) is 6.54 Å². The monoisotopic (exact) mass is 144 g/mol. The van der Waals surface area contributed by atoms with Crippen molar-refractivity contribution in [2.45, 2.75) is 26.8 Å². The van der Waals surface area contributed by atoms with E-state index in [1.54, 1.807) is 6.92 Å². The van der Waals surface area contributed by atoms with E-state index in [-0.39, 0.29) is 11.9 Å². The Hall–Kier alpha value is -0.570.